The standard InChI is InChI=1S/C23H26O4S2/c24-20-14-8-4-6-12-18(14)28-22(26)16(20)10-2-1-3-11-17-21(25)15-9-5-7-13-19(15)29-23(17)27/h1-3,10-11,14-15,18-19,24H,4-9,12-13H2/p-1/b3-1?,10-2?,17-11-. The number of thioether (sulfide) groups is 2. The predicted molar refractivity (Wildman–Crippen MR) is 115 cm³/mol. The average Bonchev–Trinajstić information content (AvgIpc) is 2.72. The van der Waals surface area contributed by atoms with Gasteiger partial charge in [0.05, 0.1) is 5.57 Å². The van der Waals surface area contributed by atoms with Gasteiger partial charge in [-0.3, -0.25) is 14.4 Å². The molecule has 4 unspecified atom stereocenters. The molecule has 2 heterocycles. The molecule has 2 aliphatic carbocycles. The molecule has 29 heavy (non-hydrogen) atoms. The second-order valence-electron chi connectivity index (χ2n) is 8.14. The van der Waals surface area contributed by atoms with Crippen molar-refractivity contribution < 1.29 is 19.5 Å². The molecule has 4 nitrogen and oxygen atoms in total. The van der Waals surface area contributed by atoms with Crippen molar-refractivity contribution in [1.29, 1.82) is 0 Å². The summed E-state index contributed by atoms with van der Waals surface area (Å²) in [7, 11) is 0. The van der Waals surface area contributed by atoms with Gasteiger partial charge >= 0.3 is 0 Å². The third-order valence-electron chi connectivity index (χ3n) is 6.31. The summed E-state index contributed by atoms with van der Waals surface area (Å²) >= 11 is 2.61. The molecule has 0 aromatic carbocycles. The minimum absolute atomic E-state index is 0.0289. The fourth-order valence-corrected chi connectivity index (χ4v) is 7.30. The van der Waals surface area contributed by atoms with Gasteiger partial charge in [-0.1, -0.05) is 73.5 Å². The van der Waals surface area contributed by atoms with E-state index in [9.17, 15) is 19.5 Å². The van der Waals surface area contributed by atoms with Gasteiger partial charge in [-0.05, 0) is 37.7 Å². The van der Waals surface area contributed by atoms with Crippen LogP contribution in [0.5, 0.6) is 0 Å². The molecule has 6 heteroatoms. The van der Waals surface area contributed by atoms with Gasteiger partial charge in [-0.2, -0.15) is 0 Å². The normalized spacial score (nSPS) is 34.9. The molecule has 2 aliphatic heterocycles. The number of carbonyl (C=O) groups excluding carboxylic acids is 3. The minimum atomic E-state index is -0.140. The van der Waals surface area contributed by atoms with Crippen molar-refractivity contribution in [2.45, 2.75) is 61.9 Å². The highest BCUT2D eigenvalue weighted by atomic mass is 32.2. The van der Waals surface area contributed by atoms with E-state index in [0.717, 1.165) is 51.4 Å². The average molecular weight is 430 g/mol. The van der Waals surface area contributed by atoms with Crippen LogP contribution < -0.4 is 5.11 Å². The van der Waals surface area contributed by atoms with Gasteiger partial charge in [-0.15, -0.1) is 5.76 Å². The lowest BCUT2D eigenvalue weighted by Crippen LogP contribution is -2.37. The minimum Gasteiger partial charge on any atom is -0.875 e. The van der Waals surface area contributed by atoms with Crippen LogP contribution in [0.4, 0.5) is 0 Å². The molecule has 0 aromatic heterocycles. The first-order valence-corrected chi connectivity index (χ1v) is 12.2. The van der Waals surface area contributed by atoms with Crippen molar-refractivity contribution in [3.8, 4) is 0 Å². The molecule has 3 fully saturated rings. The third kappa shape index (κ3) is 4.33. The molecular weight excluding hydrogens is 404 g/mol. The van der Waals surface area contributed by atoms with E-state index in [2.05, 4.69) is 0 Å². The quantitative estimate of drug-likeness (QED) is 0.385. The number of hydrogen-bond donors (Lipinski definition) is 0. The summed E-state index contributed by atoms with van der Waals surface area (Å²) in [6, 6.07) is 0. The lowest BCUT2D eigenvalue weighted by molar-refractivity contribution is -0.317. The van der Waals surface area contributed by atoms with Gasteiger partial charge in [0.15, 0.2) is 5.78 Å². The first-order chi connectivity index (χ1) is 14.1. The topological polar surface area (TPSA) is 74.3 Å². The van der Waals surface area contributed by atoms with Crippen molar-refractivity contribution in [3.05, 3.63) is 47.3 Å². The number of carbonyl (C=O) groups is 3. The smallest absolute Gasteiger partial charge is 0.223 e. The molecule has 0 spiro atoms. The fourth-order valence-electron chi connectivity index (χ4n) is 4.75. The third-order valence-corrected chi connectivity index (χ3v) is 8.92. The Hall–Kier alpha value is -1.53. The van der Waals surface area contributed by atoms with Crippen molar-refractivity contribution in [1.82, 2.24) is 0 Å². The predicted octanol–water partition coefficient (Wildman–Crippen LogP) is 3.87. The Morgan fingerprint density at radius 1 is 0.759 bits per heavy atom. The Bertz CT molecular complexity index is 836. The fraction of sp³-hybridized carbons (Fsp3) is 0.522. The van der Waals surface area contributed by atoms with E-state index in [-0.39, 0.29) is 55.3 Å². The van der Waals surface area contributed by atoms with E-state index in [1.807, 2.05) is 0 Å². The largest absolute Gasteiger partial charge is 0.875 e. The Morgan fingerprint density at radius 2 is 1.38 bits per heavy atom. The number of Topliss-reactive ketones (excluding diaryl/α,β-unsaturated/α-hetero) is 1. The molecule has 0 amide bonds. The maximum Gasteiger partial charge on any atom is 0.223 e. The van der Waals surface area contributed by atoms with Crippen molar-refractivity contribution in [3.63, 3.8) is 0 Å². The van der Waals surface area contributed by atoms with Gasteiger partial charge < -0.3 is 5.11 Å². The summed E-state index contributed by atoms with van der Waals surface area (Å²) in [5.41, 5.74) is 0.529. The first kappa shape index (κ1) is 20.7. The van der Waals surface area contributed by atoms with Gasteiger partial charge in [0.25, 0.3) is 0 Å². The zero-order valence-corrected chi connectivity index (χ0v) is 17.9. The van der Waals surface area contributed by atoms with Crippen LogP contribution in [0.1, 0.15) is 51.4 Å². The molecule has 4 atom stereocenters. The van der Waals surface area contributed by atoms with Crippen LogP contribution in [-0.2, 0) is 14.4 Å². The second kappa shape index (κ2) is 9.09. The highest BCUT2D eigenvalue weighted by molar-refractivity contribution is 8.15. The lowest BCUT2D eigenvalue weighted by atomic mass is 9.83. The van der Waals surface area contributed by atoms with E-state index in [4.69, 9.17) is 0 Å². The van der Waals surface area contributed by atoms with E-state index >= 15 is 0 Å². The van der Waals surface area contributed by atoms with Gasteiger partial charge in [-0.25, -0.2) is 0 Å². The highest BCUT2D eigenvalue weighted by Crippen LogP contribution is 2.43. The zero-order valence-electron chi connectivity index (χ0n) is 16.3. The summed E-state index contributed by atoms with van der Waals surface area (Å²) in [5, 5.41) is 12.7. The van der Waals surface area contributed by atoms with Crippen LogP contribution in [0, 0.1) is 11.8 Å². The summed E-state index contributed by atoms with van der Waals surface area (Å²) < 4.78 is 0. The first-order valence-electron chi connectivity index (χ1n) is 10.5. The van der Waals surface area contributed by atoms with Crippen LogP contribution in [-0.4, -0.2) is 26.5 Å². The molecular formula is C23H25O4S2-. The molecule has 154 valence electrons. The van der Waals surface area contributed by atoms with Crippen LogP contribution in [0.2, 0.25) is 0 Å². The SMILES string of the molecule is O=C1SC2CCCCC2C([O-])=C1C=CC=C/C=C1\C(=O)SC2CCCCC2C1=O. The zero-order chi connectivity index (χ0) is 20.4. The summed E-state index contributed by atoms with van der Waals surface area (Å²) in [4.78, 5) is 37.3. The van der Waals surface area contributed by atoms with Crippen LogP contribution >= 0.6 is 23.5 Å². The van der Waals surface area contributed by atoms with Crippen molar-refractivity contribution in [2.24, 2.45) is 11.8 Å². The Labute approximate surface area is 180 Å². The number of hydrogen-bond acceptors (Lipinski definition) is 6. The number of ketones is 1. The maximum atomic E-state index is 12.7. The number of fused-ring (bicyclic) bond motifs is 2. The van der Waals surface area contributed by atoms with Crippen molar-refractivity contribution >= 4 is 39.5 Å². The molecule has 4 aliphatic rings. The van der Waals surface area contributed by atoms with Crippen LogP contribution in [0.3, 0.4) is 0 Å². The monoisotopic (exact) mass is 429 g/mol. The second-order valence-corrected chi connectivity index (χ2v) is 10.6. The summed E-state index contributed by atoms with van der Waals surface area (Å²) in [5.74, 6) is -0.122. The Morgan fingerprint density at radius 3 is 2.14 bits per heavy atom. The van der Waals surface area contributed by atoms with Gasteiger partial charge in [0.2, 0.25) is 10.2 Å². The molecule has 0 radical (unpaired) electrons. The van der Waals surface area contributed by atoms with E-state index in [1.54, 1.807) is 30.4 Å². The summed E-state index contributed by atoms with van der Waals surface area (Å²) in [6.07, 6.45) is 16.0. The Balaban J connectivity index is 1.44. The van der Waals surface area contributed by atoms with E-state index < -0.39 is 0 Å². The van der Waals surface area contributed by atoms with Crippen molar-refractivity contribution in [2.75, 3.05) is 0 Å². The maximum absolute atomic E-state index is 12.7. The Kier molecular flexibility index (Phi) is 6.50. The van der Waals surface area contributed by atoms with Gasteiger partial charge in [0.1, 0.15) is 0 Å². The number of allylic oxidation sites excluding steroid dienone is 6. The molecule has 2 saturated carbocycles. The van der Waals surface area contributed by atoms with Crippen LogP contribution in [0.15, 0.2) is 47.3 Å². The van der Waals surface area contributed by atoms with Gasteiger partial charge in [0, 0.05) is 22.0 Å². The molecule has 4 rings (SSSR count). The molecule has 1 saturated heterocycles. The van der Waals surface area contributed by atoms with E-state index in [1.165, 1.54) is 23.5 Å². The van der Waals surface area contributed by atoms with Crippen LogP contribution in [0.25, 0.3) is 0 Å². The van der Waals surface area contributed by atoms with E-state index in [0.29, 0.717) is 0 Å². The highest BCUT2D eigenvalue weighted by Gasteiger charge is 2.41. The molecule has 0 bridgehead atoms. The number of rotatable bonds is 3. The molecule has 0 aromatic rings. The summed E-state index contributed by atoms with van der Waals surface area (Å²) in [6.45, 7) is 0. The molecule has 0 N–H and O–H groups in total. The lowest BCUT2D eigenvalue weighted by Gasteiger charge is -2.39.